The van der Waals surface area contributed by atoms with Gasteiger partial charge in [-0.15, -0.1) is 0 Å². The Hall–Kier alpha value is -2.26. The molecule has 152 valence electrons. The van der Waals surface area contributed by atoms with Gasteiger partial charge in [-0.2, -0.15) is 4.31 Å². The molecule has 0 saturated carbocycles. The van der Waals surface area contributed by atoms with E-state index in [1.807, 2.05) is 30.3 Å². The maximum absolute atomic E-state index is 13.5. The molecule has 4 rings (SSSR count). The molecule has 3 aromatic rings. The Kier molecular flexibility index (Phi) is 5.20. The zero-order valence-corrected chi connectivity index (χ0v) is 17.2. The van der Waals surface area contributed by atoms with E-state index in [1.165, 1.54) is 6.07 Å². The molecule has 0 aromatic heterocycles. The van der Waals surface area contributed by atoms with Gasteiger partial charge in [0.1, 0.15) is 0 Å². The van der Waals surface area contributed by atoms with E-state index in [0.29, 0.717) is 5.56 Å². The molecule has 1 aliphatic rings. The van der Waals surface area contributed by atoms with Crippen LogP contribution >= 0.6 is 0 Å². The third-order valence-corrected chi connectivity index (χ3v) is 8.74. The summed E-state index contributed by atoms with van der Waals surface area (Å²) in [7, 11) is -7.56. The predicted molar refractivity (Wildman–Crippen MR) is 112 cm³/mol. The van der Waals surface area contributed by atoms with Crippen molar-refractivity contribution in [3.8, 4) is 0 Å². The predicted octanol–water partition coefficient (Wildman–Crippen LogP) is 2.19. The van der Waals surface area contributed by atoms with Crippen molar-refractivity contribution in [1.82, 2.24) is 4.31 Å². The Bertz CT molecular complexity index is 1240. The number of rotatable bonds is 5. The highest BCUT2D eigenvalue weighted by Crippen LogP contribution is 2.29. The third-order valence-electron chi connectivity index (χ3n) is 5.17. The van der Waals surface area contributed by atoms with Gasteiger partial charge in [-0.05, 0) is 28.5 Å². The quantitative estimate of drug-likeness (QED) is 0.669. The highest BCUT2D eigenvalue weighted by Gasteiger charge is 2.44. The van der Waals surface area contributed by atoms with E-state index in [1.54, 1.807) is 36.4 Å². The summed E-state index contributed by atoms with van der Waals surface area (Å²) in [4.78, 5) is 0.0728. The summed E-state index contributed by atoms with van der Waals surface area (Å²) in [5.41, 5.74) is 0.716. The van der Waals surface area contributed by atoms with Crippen LogP contribution in [0.1, 0.15) is 5.56 Å². The Morgan fingerprint density at radius 2 is 1.55 bits per heavy atom. The largest absolute Gasteiger partial charge is 0.390 e. The minimum atomic E-state index is -4.05. The van der Waals surface area contributed by atoms with E-state index in [4.69, 9.17) is 0 Å². The molecule has 1 fully saturated rings. The number of aliphatic hydroxyl groups excluding tert-OH is 1. The number of aliphatic hydroxyl groups is 1. The fourth-order valence-electron chi connectivity index (χ4n) is 3.69. The summed E-state index contributed by atoms with van der Waals surface area (Å²) in [5, 5.41) is 12.0. The summed E-state index contributed by atoms with van der Waals surface area (Å²) < 4.78 is 52.3. The molecule has 3 aromatic carbocycles. The number of sulfonamides is 1. The van der Waals surface area contributed by atoms with Crippen LogP contribution in [0.2, 0.25) is 0 Å². The van der Waals surface area contributed by atoms with Crippen LogP contribution < -0.4 is 0 Å². The van der Waals surface area contributed by atoms with Crippen LogP contribution in [0.3, 0.4) is 0 Å². The van der Waals surface area contributed by atoms with Crippen LogP contribution in [0.25, 0.3) is 10.8 Å². The highest BCUT2D eigenvalue weighted by molar-refractivity contribution is 7.92. The van der Waals surface area contributed by atoms with E-state index < -0.39 is 43.5 Å². The SMILES string of the molecule is O=S1(=O)C[C@@H](O)[C@H](N(Cc2ccccc2)S(=O)(=O)c2ccc3ccccc3c2)C1. The smallest absolute Gasteiger partial charge is 0.243 e. The van der Waals surface area contributed by atoms with Crippen molar-refractivity contribution in [2.75, 3.05) is 11.5 Å². The lowest BCUT2D eigenvalue weighted by atomic mass is 10.1. The van der Waals surface area contributed by atoms with Crippen molar-refractivity contribution in [2.24, 2.45) is 0 Å². The van der Waals surface area contributed by atoms with Gasteiger partial charge in [0.05, 0.1) is 28.5 Å². The van der Waals surface area contributed by atoms with E-state index in [-0.39, 0.29) is 11.4 Å². The number of sulfone groups is 1. The number of fused-ring (bicyclic) bond motifs is 1. The van der Waals surface area contributed by atoms with Gasteiger partial charge in [0.25, 0.3) is 0 Å². The van der Waals surface area contributed by atoms with Crippen molar-refractivity contribution in [3.05, 3.63) is 78.4 Å². The first-order valence-corrected chi connectivity index (χ1v) is 12.5. The standard InChI is InChI=1S/C21H21NO5S2/c23-21-15-28(24,25)14-20(21)22(13-16-6-2-1-3-7-16)29(26,27)19-11-10-17-8-4-5-9-18(17)12-19/h1-12,20-21,23H,13-15H2/t20-,21-/m1/s1. The minimum absolute atomic E-state index is 0.0206. The number of hydrogen-bond donors (Lipinski definition) is 1. The van der Waals surface area contributed by atoms with Crippen molar-refractivity contribution in [2.45, 2.75) is 23.6 Å². The summed E-state index contributed by atoms with van der Waals surface area (Å²) in [6.07, 6.45) is -1.26. The molecule has 6 nitrogen and oxygen atoms in total. The molecule has 0 spiro atoms. The molecule has 0 bridgehead atoms. The van der Waals surface area contributed by atoms with Gasteiger partial charge in [-0.25, -0.2) is 16.8 Å². The first-order chi connectivity index (χ1) is 13.8. The second-order valence-electron chi connectivity index (χ2n) is 7.26. The van der Waals surface area contributed by atoms with E-state index in [9.17, 15) is 21.9 Å². The van der Waals surface area contributed by atoms with E-state index in [2.05, 4.69) is 0 Å². The van der Waals surface area contributed by atoms with Crippen molar-refractivity contribution >= 4 is 30.6 Å². The Morgan fingerprint density at radius 1 is 0.897 bits per heavy atom. The lowest BCUT2D eigenvalue weighted by Crippen LogP contribution is -2.46. The first-order valence-electron chi connectivity index (χ1n) is 9.19. The van der Waals surface area contributed by atoms with Crippen LogP contribution in [0, 0.1) is 0 Å². The average molecular weight is 432 g/mol. The molecule has 29 heavy (non-hydrogen) atoms. The maximum Gasteiger partial charge on any atom is 0.243 e. The molecule has 1 N–H and O–H groups in total. The Labute approximate surface area is 170 Å². The van der Waals surface area contributed by atoms with Crippen molar-refractivity contribution in [3.63, 3.8) is 0 Å². The molecule has 0 amide bonds. The van der Waals surface area contributed by atoms with Crippen molar-refractivity contribution in [1.29, 1.82) is 0 Å². The lowest BCUT2D eigenvalue weighted by Gasteiger charge is -2.29. The molecule has 1 aliphatic heterocycles. The first kappa shape index (κ1) is 20.0. The topological polar surface area (TPSA) is 91.8 Å². The zero-order valence-electron chi connectivity index (χ0n) is 15.5. The fourth-order valence-corrected chi connectivity index (χ4v) is 7.27. The molecule has 8 heteroatoms. The fraction of sp³-hybridized carbons (Fsp3) is 0.238. The Balaban J connectivity index is 1.80. The summed E-state index contributed by atoms with van der Waals surface area (Å²) in [5.74, 6) is -0.829. The van der Waals surface area contributed by atoms with E-state index >= 15 is 0 Å². The zero-order chi connectivity index (χ0) is 20.6. The van der Waals surface area contributed by atoms with Crippen LogP contribution in [0.15, 0.2) is 77.7 Å². The van der Waals surface area contributed by atoms with Gasteiger partial charge in [0, 0.05) is 6.54 Å². The average Bonchev–Trinajstić information content (AvgIpc) is 2.98. The van der Waals surface area contributed by atoms with Gasteiger partial charge in [0.15, 0.2) is 9.84 Å². The summed E-state index contributed by atoms with van der Waals surface area (Å²) in [6.45, 7) is -0.0206. The Morgan fingerprint density at radius 3 is 2.21 bits per heavy atom. The lowest BCUT2D eigenvalue weighted by molar-refractivity contribution is 0.125. The molecule has 0 radical (unpaired) electrons. The molecular formula is C21H21NO5S2. The summed E-state index contributed by atoms with van der Waals surface area (Å²) in [6, 6.07) is 20.2. The molecular weight excluding hydrogens is 410 g/mol. The highest BCUT2D eigenvalue weighted by atomic mass is 32.2. The minimum Gasteiger partial charge on any atom is -0.390 e. The van der Waals surface area contributed by atoms with Gasteiger partial charge in [0.2, 0.25) is 10.0 Å². The van der Waals surface area contributed by atoms with Gasteiger partial charge >= 0.3 is 0 Å². The van der Waals surface area contributed by atoms with Crippen LogP contribution in [-0.2, 0) is 26.4 Å². The normalized spacial score (nSPS) is 21.6. The third kappa shape index (κ3) is 4.06. The number of hydrogen-bond acceptors (Lipinski definition) is 5. The van der Waals surface area contributed by atoms with Crippen LogP contribution in [0.5, 0.6) is 0 Å². The van der Waals surface area contributed by atoms with Crippen LogP contribution in [0.4, 0.5) is 0 Å². The number of nitrogens with zero attached hydrogens (tertiary/aromatic N) is 1. The maximum atomic E-state index is 13.5. The van der Waals surface area contributed by atoms with Gasteiger partial charge < -0.3 is 5.11 Å². The molecule has 0 unspecified atom stereocenters. The second-order valence-corrected chi connectivity index (χ2v) is 11.3. The monoisotopic (exact) mass is 431 g/mol. The van der Waals surface area contributed by atoms with Crippen LogP contribution in [-0.4, -0.2) is 49.9 Å². The molecule has 1 saturated heterocycles. The van der Waals surface area contributed by atoms with E-state index in [0.717, 1.165) is 15.1 Å². The van der Waals surface area contributed by atoms with Crippen molar-refractivity contribution < 1.29 is 21.9 Å². The second kappa shape index (κ2) is 7.53. The summed E-state index contributed by atoms with van der Waals surface area (Å²) >= 11 is 0. The van der Waals surface area contributed by atoms with Gasteiger partial charge in [-0.3, -0.25) is 0 Å². The molecule has 2 atom stereocenters. The van der Waals surface area contributed by atoms with Gasteiger partial charge in [-0.1, -0.05) is 60.7 Å². The number of benzene rings is 3. The molecule has 1 heterocycles. The molecule has 0 aliphatic carbocycles.